The second kappa shape index (κ2) is 9.76. The van der Waals surface area contributed by atoms with Crippen molar-refractivity contribution in [3.63, 3.8) is 0 Å². The van der Waals surface area contributed by atoms with Crippen LogP contribution in [0.3, 0.4) is 0 Å². The molecular formula is C23H25N3O4S3. The van der Waals surface area contributed by atoms with Gasteiger partial charge in [0, 0.05) is 18.7 Å². The number of thiocarbonyl (C=S) groups is 1. The van der Waals surface area contributed by atoms with Gasteiger partial charge in [-0.15, -0.1) is 0 Å². The number of primary sulfonamides is 1. The van der Waals surface area contributed by atoms with Gasteiger partial charge < -0.3 is 5.32 Å². The molecule has 1 saturated heterocycles. The molecule has 0 spiro atoms. The molecule has 2 aromatic rings. The topological polar surface area (TPSA) is 110 Å². The molecule has 2 aromatic carbocycles. The van der Waals surface area contributed by atoms with Gasteiger partial charge in [-0.2, -0.15) is 0 Å². The van der Waals surface area contributed by atoms with E-state index >= 15 is 0 Å². The summed E-state index contributed by atoms with van der Waals surface area (Å²) in [5.74, 6) is -0.552. The number of nitrogens with two attached hydrogens (primary N) is 1. The lowest BCUT2D eigenvalue weighted by Gasteiger charge is -2.18. The zero-order valence-corrected chi connectivity index (χ0v) is 20.9. The molecule has 0 saturated carbocycles. The maximum Gasteiger partial charge on any atom is 0.266 e. The summed E-state index contributed by atoms with van der Waals surface area (Å²) in [5.41, 5.74) is 2.59. The molecule has 1 heterocycles. The SMILES string of the molecule is CC(C)(C)c1ccc(C=C2SC(=S)N(CCC(=O)Nc3ccc(S(N)(=O)=O)cc3)C2=O)cc1. The molecule has 0 radical (unpaired) electrons. The number of carbonyl (C=O) groups excluding carboxylic acids is 2. The molecule has 2 amide bonds. The highest BCUT2D eigenvalue weighted by molar-refractivity contribution is 8.26. The van der Waals surface area contributed by atoms with Crippen LogP contribution in [-0.2, 0) is 25.0 Å². The Bertz CT molecular complexity index is 1210. The fourth-order valence-electron chi connectivity index (χ4n) is 3.09. The number of carbonyl (C=O) groups is 2. The zero-order valence-electron chi connectivity index (χ0n) is 18.5. The Labute approximate surface area is 203 Å². The molecule has 0 unspecified atom stereocenters. The molecule has 0 atom stereocenters. The van der Waals surface area contributed by atoms with Crippen LogP contribution in [0.15, 0.2) is 58.3 Å². The van der Waals surface area contributed by atoms with Gasteiger partial charge in [0.2, 0.25) is 15.9 Å². The first-order chi connectivity index (χ1) is 15.3. The normalized spacial score (nSPS) is 15.9. The number of anilines is 1. The molecule has 0 aliphatic carbocycles. The number of benzene rings is 2. The standard InChI is InChI=1S/C23H25N3O4S3/c1-23(2,3)16-6-4-15(5-7-16)14-19-21(28)26(22(31)32-19)13-12-20(27)25-17-8-10-18(11-9-17)33(24,29)30/h4-11,14H,12-13H2,1-3H3,(H,25,27)(H2,24,29,30). The van der Waals surface area contributed by atoms with Crippen LogP contribution in [0, 0.1) is 0 Å². The van der Waals surface area contributed by atoms with E-state index in [1.807, 2.05) is 24.3 Å². The van der Waals surface area contributed by atoms with E-state index in [9.17, 15) is 18.0 Å². The molecule has 3 N–H and O–H groups in total. The highest BCUT2D eigenvalue weighted by Crippen LogP contribution is 2.33. The van der Waals surface area contributed by atoms with Crippen LogP contribution in [0.25, 0.3) is 6.08 Å². The number of rotatable bonds is 6. The lowest BCUT2D eigenvalue weighted by Crippen LogP contribution is -2.31. The molecule has 174 valence electrons. The third kappa shape index (κ3) is 6.50. The van der Waals surface area contributed by atoms with Crippen LogP contribution in [0.4, 0.5) is 5.69 Å². The Hall–Kier alpha value is -2.53. The summed E-state index contributed by atoms with van der Waals surface area (Å²) < 4.78 is 23.0. The lowest BCUT2D eigenvalue weighted by molar-refractivity contribution is -0.122. The Balaban J connectivity index is 1.59. The van der Waals surface area contributed by atoms with E-state index in [4.69, 9.17) is 17.4 Å². The number of nitrogens with one attached hydrogen (secondary N) is 1. The van der Waals surface area contributed by atoms with E-state index in [0.717, 1.165) is 5.56 Å². The fraction of sp³-hybridized carbons (Fsp3) is 0.261. The smallest absolute Gasteiger partial charge is 0.266 e. The number of hydrogen-bond acceptors (Lipinski definition) is 6. The maximum absolute atomic E-state index is 12.8. The number of sulfonamides is 1. The third-order valence-electron chi connectivity index (χ3n) is 4.98. The van der Waals surface area contributed by atoms with Crippen LogP contribution in [0.1, 0.15) is 38.3 Å². The minimum absolute atomic E-state index is 0.0386. The van der Waals surface area contributed by atoms with Gasteiger partial charge in [0.05, 0.1) is 9.80 Å². The van der Waals surface area contributed by atoms with Crippen molar-refractivity contribution in [1.29, 1.82) is 0 Å². The summed E-state index contributed by atoms with van der Waals surface area (Å²) in [6, 6.07) is 13.6. The molecule has 0 bridgehead atoms. The minimum atomic E-state index is -3.80. The number of thioether (sulfide) groups is 1. The highest BCUT2D eigenvalue weighted by atomic mass is 32.2. The van der Waals surface area contributed by atoms with Gasteiger partial charge in [-0.05, 0) is 46.9 Å². The monoisotopic (exact) mass is 503 g/mol. The van der Waals surface area contributed by atoms with Crippen molar-refractivity contribution in [3.8, 4) is 0 Å². The van der Waals surface area contributed by atoms with Crippen molar-refractivity contribution in [1.82, 2.24) is 4.90 Å². The molecule has 1 aliphatic heterocycles. The van der Waals surface area contributed by atoms with Gasteiger partial charge in [-0.1, -0.05) is 69.0 Å². The van der Waals surface area contributed by atoms with Crippen molar-refractivity contribution in [2.24, 2.45) is 5.14 Å². The molecule has 7 nitrogen and oxygen atoms in total. The summed E-state index contributed by atoms with van der Waals surface area (Å²) in [7, 11) is -3.80. The third-order valence-corrected chi connectivity index (χ3v) is 7.28. The van der Waals surface area contributed by atoms with E-state index in [-0.39, 0.29) is 35.1 Å². The maximum atomic E-state index is 12.8. The fourth-order valence-corrected chi connectivity index (χ4v) is 4.91. The van der Waals surface area contributed by atoms with E-state index in [1.165, 1.54) is 46.5 Å². The van der Waals surface area contributed by atoms with Crippen LogP contribution >= 0.6 is 24.0 Å². The largest absolute Gasteiger partial charge is 0.326 e. The predicted molar refractivity (Wildman–Crippen MR) is 136 cm³/mol. The zero-order chi connectivity index (χ0) is 24.4. The van der Waals surface area contributed by atoms with E-state index in [2.05, 4.69) is 26.1 Å². The predicted octanol–water partition coefficient (Wildman–Crippen LogP) is 3.86. The van der Waals surface area contributed by atoms with Crippen molar-refractivity contribution in [2.75, 3.05) is 11.9 Å². The number of nitrogens with zero attached hydrogens (tertiary/aromatic N) is 1. The molecular weight excluding hydrogens is 478 g/mol. The molecule has 1 fully saturated rings. The van der Waals surface area contributed by atoms with E-state index in [0.29, 0.717) is 14.9 Å². The molecule has 10 heteroatoms. The summed E-state index contributed by atoms with van der Waals surface area (Å²) in [6.45, 7) is 6.57. The summed E-state index contributed by atoms with van der Waals surface area (Å²) >= 11 is 6.55. The average molecular weight is 504 g/mol. The first-order valence-corrected chi connectivity index (χ1v) is 12.9. The highest BCUT2D eigenvalue weighted by Gasteiger charge is 2.32. The van der Waals surface area contributed by atoms with Crippen molar-refractivity contribution >= 4 is 61.9 Å². The molecule has 33 heavy (non-hydrogen) atoms. The van der Waals surface area contributed by atoms with E-state index < -0.39 is 10.0 Å². The van der Waals surface area contributed by atoms with Gasteiger partial charge >= 0.3 is 0 Å². The quantitative estimate of drug-likeness (QED) is 0.458. The minimum Gasteiger partial charge on any atom is -0.326 e. The second-order valence-corrected chi connectivity index (χ2v) is 11.8. The van der Waals surface area contributed by atoms with Gasteiger partial charge in [-0.3, -0.25) is 14.5 Å². The van der Waals surface area contributed by atoms with Crippen molar-refractivity contribution < 1.29 is 18.0 Å². The van der Waals surface area contributed by atoms with Crippen LogP contribution < -0.4 is 10.5 Å². The Morgan fingerprint density at radius 1 is 1.12 bits per heavy atom. The van der Waals surface area contributed by atoms with Crippen LogP contribution in [0.5, 0.6) is 0 Å². The Morgan fingerprint density at radius 3 is 2.27 bits per heavy atom. The number of amides is 2. The molecule has 3 rings (SSSR count). The number of hydrogen-bond donors (Lipinski definition) is 2. The molecule has 0 aromatic heterocycles. The van der Waals surface area contributed by atoms with Gasteiger partial charge in [0.15, 0.2) is 0 Å². The van der Waals surface area contributed by atoms with Crippen molar-refractivity contribution in [2.45, 2.75) is 37.5 Å². The van der Waals surface area contributed by atoms with Crippen LogP contribution in [0.2, 0.25) is 0 Å². The van der Waals surface area contributed by atoms with Gasteiger partial charge in [0.25, 0.3) is 5.91 Å². The van der Waals surface area contributed by atoms with Crippen LogP contribution in [-0.4, -0.2) is 36.0 Å². The first kappa shape index (κ1) is 25.1. The van der Waals surface area contributed by atoms with Gasteiger partial charge in [-0.25, -0.2) is 13.6 Å². The van der Waals surface area contributed by atoms with Gasteiger partial charge in [0.1, 0.15) is 4.32 Å². The second-order valence-electron chi connectivity index (χ2n) is 8.57. The Kier molecular flexibility index (Phi) is 7.42. The summed E-state index contributed by atoms with van der Waals surface area (Å²) in [5, 5.41) is 7.73. The van der Waals surface area contributed by atoms with E-state index in [1.54, 1.807) is 6.08 Å². The summed E-state index contributed by atoms with van der Waals surface area (Å²) in [6.07, 6.45) is 1.84. The Morgan fingerprint density at radius 2 is 1.73 bits per heavy atom. The average Bonchev–Trinajstić information content (AvgIpc) is 2.98. The lowest BCUT2D eigenvalue weighted by atomic mass is 9.87. The first-order valence-electron chi connectivity index (χ1n) is 10.1. The summed E-state index contributed by atoms with van der Waals surface area (Å²) in [4.78, 5) is 27.0. The molecule has 1 aliphatic rings. The van der Waals surface area contributed by atoms with Crippen molar-refractivity contribution in [3.05, 3.63) is 64.6 Å².